The first-order chi connectivity index (χ1) is 9.74. The van der Waals surface area contributed by atoms with Gasteiger partial charge < -0.3 is 19.5 Å². The number of rotatable bonds is 11. The van der Waals surface area contributed by atoms with Gasteiger partial charge in [0.15, 0.2) is 0 Å². The van der Waals surface area contributed by atoms with Crippen molar-refractivity contribution in [3.8, 4) is 5.75 Å². The van der Waals surface area contributed by atoms with Crippen molar-refractivity contribution in [2.24, 2.45) is 0 Å². The smallest absolute Gasteiger partial charge is 0.139 e. The summed E-state index contributed by atoms with van der Waals surface area (Å²) in [7, 11) is 1.70. The van der Waals surface area contributed by atoms with Crippen LogP contribution in [0.25, 0.3) is 0 Å². The minimum atomic E-state index is 0.448. The van der Waals surface area contributed by atoms with Crippen molar-refractivity contribution in [1.29, 1.82) is 0 Å². The maximum absolute atomic E-state index is 5.97. The number of benzene rings is 1. The molecule has 6 heteroatoms. The summed E-state index contributed by atoms with van der Waals surface area (Å²) < 4.78 is 15.9. The number of methoxy groups -OCH3 is 1. The molecule has 0 fully saturated rings. The standard InChI is InChI=1S/C14H21Cl2NO3/c1-18-7-2-5-17-6-8-19-9-10-20-14-11-12(15)3-4-13(14)16/h3-4,11,17H,2,5-10H2,1H3. The van der Waals surface area contributed by atoms with Gasteiger partial charge in [0, 0.05) is 31.4 Å². The van der Waals surface area contributed by atoms with Gasteiger partial charge in [-0.2, -0.15) is 0 Å². The highest BCUT2D eigenvalue weighted by molar-refractivity contribution is 6.34. The molecule has 0 aliphatic carbocycles. The predicted molar refractivity (Wildman–Crippen MR) is 82.1 cm³/mol. The van der Waals surface area contributed by atoms with E-state index in [1.165, 1.54) is 0 Å². The maximum Gasteiger partial charge on any atom is 0.139 e. The molecule has 0 atom stereocenters. The van der Waals surface area contributed by atoms with Gasteiger partial charge in [-0.15, -0.1) is 0 Å². The monoisotopic (exact) mass is 321 g/mol. The van der Waals surface area contributed by atoms with Gasteiger partial charge in [0.25, 0.3) is 0 Å². The van der Waals surface area contributed by atoms with E-state index in [9.17, 15) is 0 Å². The van der Waals surface area contributed by atoms with Crippen LogP contribution in [-0.4, -0.2) is 46.6 Å². The molecule has 1 aromatic rings. The lowest BCUT2D eigenvalue weighted by Crippen LogP contribution is -2.22. The van der Waals surface area contributed by atoms with E-state index in [4.69, 9.17) is 37.4 Å². The molecular formula is C14H21Cl2NO3. The Morgan fingerprint density at radius 1 is 1.05 bits per heavy atom. The molecule has 0 saturated heterocycles. The zero-order valence-electron chi connectivity index (χ0n) is 11.7. The van der Waals surface area contributed by atoms with Gasteiger partial charge in [-0.3, -0.25) is 0 Å². The van der Waals surface area contributed by atoms with Crippen LogP contribution >= 0.6 is 23.2 Å². The Kier molecular flexibility index (Phi) is 9.79. The molecule has 0 radical (unpaired) electrons. The maximum atomic E-state index is 5.97. The summed E-state index contributed by atoms with van der Waals surface area (Å²) in [4.78, 5) is 0. The van der Waals surface area contributed by atoms with Crippen molar-refractivity contribution < 1.29 is 14.2 Å². The second-order valence-electron chi connectivity index (χ2n) is 4.13. The third-order valence-electron chi connectivity index (χ3n) is 2.50. The van der Waals surface area contributed by atoms with Crippen molar-refractivity contribution in [3.63, 3.8) is 0 Å². The highest BCUT2D eigenvalue weighted by Gasteiger charge is 2.02. The lowest BCUT2D eigenvalue weighted by Gasteiger charge is -2.09. The molecular weight excluding hydrogens is 301 g/mol. The van der Waals surface area contributed by atoms with Gasteiger partial charge in [0.1, 0.15) is 12.4 Å². The molecule has 0 heterocycles. The molecule has 1 aromatic carbocycles. The first kappa shape index (κ1) is 17.5. The van der Waals surface area contributed by atoms with Crippen molar-refractivity contribution in [3.05, 3.63) is 28.2 Å². The number of halogens is 2. The molecule has 0 bridgehead atoms. The van der Waals surface area contributed by atoms with Gasteiger partial charge in [-0.25, -0.2) is 0 Å². The van der Waals surface area contributed by atoms with Gasteiger partial charge >= 0.3 is 0 Å². The summed E-state index contributed by atoms with van der Waals surface area (Å²) in [6.45, 7) is 4.15. The van der Waals surface area contributed by atoms with E-state index < -0.39 is 0 Å². The molecule has 20 heavy (non-hydrogen) atoms. The Labute approximate surface area is 130 Å². The second kappa shape index (κ2) is 11.2. The summed E-state index contributed by atoms with van der Waals surface area (Å²) in [5, 5.41) is 4.41. The topological polar surface area (TPSA) is 39.7 Å². The minimum Gasteiger partial charge on any atom is -0.490 e. The fraction of sp³-hybridized carbons (Fsp3) is 0.571. The third-order valence-corrected chi connectivity index (χ3v) is 3.05. The van der Waals surface area contributed by atoms with Crippen LogP contribution in [0.1, 0.15) is 6.42 Å². The highest BCUT2D eigenvalue weighted by Crippen LogP contribution is 2.27. The first-order valence-corrected chi connectivity index (χ1v) is 7.35. The van der Waals surface area contributed by atoms with Crippen LogP contribution in [0.2, 0.25) is 10.0 Å². The van der Waals surface area contributed by atoms with Crippen LogP contribution in [0.5, 0.6) is 5.75 Å². The fourth-order valence-electron chi connectivity index (χ4n) is 1.51. The molecule has 0 aliphatic heterocycles. The summed E-state index contributed by atoms with van der Waals surface area (Å²) in [6, 6.07) is 5.13. The predicted octanol–water partition coefficient (Wildman–Crippen LogP) is 3.01. The van der Waals surface area contributed by atoms with Gasteiger partial charge in [0.05, 0.1) is 18.2 Å². The van der Waals surface area contributed by atoms with Crippen molar-refractivity contribution >= 4 is 23.2 Å². The number of hydrogen-bond donors (Lipinski definition) is 1. The number of hydrogen-bond acceptors (Lipinski definition) is 4. The SMILES string of the molecule is COCCCNCCOCCOc1cc(Cl)ccc1Cl. The van der Waals surface area contributed by atoms with E-state index in [0.717, 1.165) is 26.1 Å². The van der Waals surface area contributed by atoms with Crippen molar-refractivity contribution in [2.75, 3.05) is 46.6 Å². The van der Waals surface area contributed by atoms with E-state index in [1.54, 1.807) is 25.3 Å². The molecule has 1 rings (SSSR count). The van der Waals surface area contributed by atoms with Gasteiger partial charge in [0.2, 0.25) is 0 Å². The largest absolute Gasteiger partial charge is 0.490 e. The quantitative estimate of drug-likeness (QED) is 0.636. The third kappa shape index (κ3) is 7.92. The summed E-state index contributed by atoms with van der Waals surface area (Å²) >= 11 is 11.8. The summed E-state index contributed by atoms with van der Waals surface area (Å²) in [6.07, 6.45) is 1.01. The van der Waals surface area contributed by atoms with E-state index in [2.05, 4.69) is 5.32 Å². The number of ether oxygens (including phenoxy) is 3. The van der Waals surface area contributed by atoms with Crippen LogP contribution in [0.15, 0.2) is 18.2 Å². The Balaban J connectivity index is 1.98. The average molecular weight is 322 g/mol. The van der Waals surface area contributed by atoms with E-state index in [0.29, 0.717) is 35.6 Å². The Hall–Kier alpha value is -0.520. The molecule has 0 aliphatic rings. The van der Waals surface area contributed by atoms with Crippen LogP contribution in [-0.2, 0) is 9.47 Å². The summed E-state index contributed by atoms with van der Waals surface area (Å²) in [5.41, 5.74) is 0. The van der Waals surface area contributed by atoms with Crippen LogP contribution in [0, 0.1) is 0 Å². The van der Waals surface area contributed by atoms with Gasteiger partial charge in [-0.1, -0.05) is 23.2 Å². The minimum absolute atomic E-state index is 0.448. The van der Waals surface area contributed by atoms with E-state index in [-0.39, 0.29) is 0 Å². The lowest BCUT2D eigenvalue weighted by molar-refractivity contribution is 0.101. The Morgan fingerprint density at radius 2 is 1.90 bits per heavy atom. The molecule has 1 N–H and O–H groups in total. The fourth-order valence-corrected chi connectivity index (χ4v) is 1.85. The highest BCUT2D eigenvalue weighted by atomic mass is 35.5. The average Bonchev–Trinajstić information content (AvgIpc) is 2.44. The first-order valence-electron chi connectivity index (χ1n) is 6.59. The van der Waals surface area contributed by atoms with E-state index >= 15 is 0 Å². The zero-order chi connectivity index (χ0) is 14.6. The Bertz CT molecular complexity index is 377. The molecule has 0 unspecified atom stereocenters. The molecule has 0 spiro atoms. The summed E-state index contributed by atoms with van der Waals surface area (Å²) in [5.74, 6) is 0.584. The van der Waals surface area contributed by atoms with Gasteiger partial charge in [-0.05, 0) is 25.1 Å². The molecule has 4 nitrogen and oxygen atoms in total. The Morgan fingerprint density at radius 3 is 2.70 bits per heavy atom. The second-order valence-corrected chi connectivity index (χ2v) is 4.98. The van der Waals surface area contributed by atoms with Crippen LogP contribution in [0.4, 0.5) is 0 Å². The zero-order valence-corrected chi connectivity index (χ0v) is 13.2. The molecule has 0 amide bonds. The van der Waals surface area contributed by atoms with Crippen LogP contribution < -0.4 is 10.1 Å². The van der Waals surface area contributed by atoms with Crippen molar-refractivity contribution in [1.82, 2.24) is 5.32 Å². The van der Waals surface area contributed by atoms with Crippen LogP contribution in [0.3, 0.4) is 0 Å². The van der Waals surface area contributed by atoms with Crippen molar-refractivity contribution in [2.45, 2.75) is 6.42 Å². The lowest BCUT2D eigenvalue weighted by atomic mass is 10.3. The molecule has 114 valence electrons. The molecule has 0 aromatic heterocycles. The molecule has 0 saturated carbocycles. The normalized spacial score (nSPS) is 10.8. The number of nitrogens with one attached hydrogen (secondary N) is 1. The van der Waals surface area contributed by atoms with E-state index in [1.807, 2.05) is 0 Å².